The topological polar surface area (TPSA) is 64.0 Å². The van der Waals surface area contributed by atoms with Crippen LogP contribution >= 0.6 is 0 Å². The monoisotopic (exact) mass is 307 g/mol. The number of anilines is 1. The number of hydrogen-bond donors (Lipinski definition) is 1. The van der Waals surface area contributed by atoms with E-state index >= 15 is 0 Å². The molecule has 1 atom stereocenters. The molecular weight excluding hydrogens is 286 g/mol. The number of rotatable bonds is 6. The Bertz CT molecular complexity index is 707. The third-order valence-corrected chi connectivity index (χ3v) is 5.24. The van der Waals surface area contributed by atoms with Crippen molar-refractivity contribution in [1.29, 1.82) is 0 Å². The fraction of sp³-hybridized carbons (Fsp3) is 0.400. The van der Waals surface area contributed by atoms with Crippen molar-refractivity contribution in [3.63, 3.8) is 0 Å². The van der Waals surface area contributed by atoms with Crippen molar-refractivity contribution < 1.29 is 8.42 Å². The molecular formula is C15H21N3O2S. The summed E-state index contributed by atoms with van der Waals surface area (Å²) < 4.78 is 26.1. The van der Waals surface area contributed by atoms with Crippen molar-refractivity contribution >= 4 is 15.5 Å². The van der Waals surface area contributed by atoms with E-state index in [2.05, 4.69) is 10.4 Å². The molecule has 0 spiro atoms. The molecule has 2 rings (SSSR count). The van der Waals surface area contributed by atoms with Crippen molar-refractivity contribution in [2.45, 2.75) is 38.3 Å². The lowest BCUT2D eigenvalue weighted by Crippen LogP contribution is -2.11. The summed E-state index contributed by atoms with van der Waals surface area (Å²) in [6, 6.07) is 7.00. The largest absolute Gasteiger partial charge is 0.377 e. The third-order valence-electron chi connectivity index (χ3n) is 3.45. The molecule has 1 heterocycles. The van der Waals surface area contributed by atoms with Gasteiger partial charge >= 0.3 is 0 Å². The SMILES string of the molecule is CCn1cc(C(C)Nc2ccccc2S(=O)(=O)CC)cn1. The summed E-state index contributed by atoms with van der Waals surface area (Å²) in [4.78, 5) is 0.349. The molecule has 2 aromatic rings. The second kappa shape index (κ2) is 6.30. The van der Waals surface area contributed by atoms with Gasteiger partial charge in [-0.1, -0.05) is 19.1 Å². The van der Waals surface area contributed by atoms with Crippen LogP contribution in [0.15, 0.2) is 41.6 Å². The van der Waals surface area contributed by atoms with Crippen LogP contribution in [0.25, 0.3) is 0 Å². The number of benzene rings is 1. The molecule has 1 aromatic carbocycles. The molecule has 0 saturated heterocycles. The second-order valence-electron chi connectivity index (χ2n) is 4.89. The van der Waals surface area contributed by atoms with Crippen molar-refractivity contribution in [3.8, 4) is 0 Å². The third kappa shape index (κ3) is 3.44. The summed E-state index contributed by atoms with van der Waals surface area (Å²) in [7, 11) is -3.24. The Hall–Kier alpha value is -1.82. The lowest BCUT2D eigenvalue weighted by Gasteiger charge is -2.16. The Balaban J connectivity index is 2.27. The highest BCUT2D eigenvalue weighted by Gasteiger charge is 2.18. The maximum Gasteiger partial charge on any atom is 0.180 e. The van der Waals surface area contributed by atoms with Crippen molar-refractivity contribution in [3.05, 3.63) is 42.2 Å². The number of nitrogens with one attached hydrogen (secondary N) is 1. The van der Waals surface area contributed by atoms with Gasteiger partial charge in [0.05, 0.1) is 28.6 Å². The summed E-state index contributed by atoms with van der Waals surface area (Å²) >= 11 is 0. The van der Waals surface area contributed by atoms with Gasteiger partial charge in [-0.05, 0) is 26.0 Å². The molecule has 21 heavy (non-hydrogen) atoms. The Morgan fingerprint density at radius 2 is 2.00 bits per heavy atom. The fourth-order valence-electron chi connectivity index (χ4n) is 2.11. The summed E-state index contributed by atoms with van der Waals surface area (Å²) in [6.07, 6.45) is 3.77. The number of hydrogen-bond acceptors (Lipinski definition) is 4. The minimum Gasteiger partial charge on any atom is -0.377 e. The van der Waals surface area contributed by atoms with Crippen LogP contribution in [-0.2, 0) is 16.4 Å². The van der Waals surface area contributed by atoms with E-state index in [4.69, 9.17) is 0 Å². The minimum atomic E-state index is -3.24. The van der Waals surface area contributed by atoms with Crippen LogP contribution < -0.4 is 5.32 Å². The standard InChI is InChI=1S/C15H21N3O2S/c1-4-18-11-13(10-16-18)12(3)17-14-8-6-7-9-15(14)21(19,20)5-2/h6-12,17H,4-5H2,1-3H3. The van der Waals surface area contributed by atoms with Gasteiger partial charge in [-0.15, -0.1) is 0 Å². The number of sulfone groups is 1. The lowest BCUT2D eigenvalue weighted by molar-refractivity contribution is 0.597. The van der Waals surface area contributed by atoms with Gasteiger partial charge in [0.15, 0.2) is 9.84 Å². The van der Waals surface area contributed by atoms with Gasteiger partial charge in [0.25, 0.3) is 0 Å². The fourth-order valence-corrected chi connectivity index (χ4v) is 3.16. The number of aromatic nitrogens is 2. The smallest absolute Gasteiger partial charge is 0.180 e. The molecule has 1 N–H and O–H groups in total. The van der Waals surface area contributed by atoms with Crippen LogP contribution in [0.3, 0.4) is 0 Å². The van der Waals surface area contributed by atoms with Crippen molar-refractivity contribution in [2.24, 2.45) is 0 Å². The maximum absolute atomic E-state index is 12.1. The Morgan fingerprint density at radius 3 is 2.62 bits per heavy atom. The average Bonchev–Trinajstić information content (AvgIpc) is 2.96. The number of aryl methyl sites for hydroxylation is 1. The number of para-hydroxylation sites is 1. The molecule has 1 aromatic heterocycles. The highest BCUT2D eigenvalue weighted by atomic mass is 32.2. The molecule has 114 valence electrons. The van der Waals surface area contributed by atoms with Gasteiger partial charge in [0, 0.05) is 18.3 Å². The Labute approximate surface area is 125 Å². The molecule has 5 nitrogen and oxygen atoms in total. The molecule has 1 unspecified atom stereocenters. The summed E-state index contributed by atoms with van der Waals surface area (Å²) in [5.41, 5.74) is 1.66. The van der Waals surface area contributed by atoms with Crippen molar-refractivity contribution in [2.75, 3.05) is 11.1 Å². The lowest BCUT2D eigenvalue weighted by atomic mass is 10.2. The first kappa shape index (κ1) is 15.6. The van der Waals surface area contributed by atoms with E-state index in [1.807, 2.05) is 30.8 Å². The first-order valence-corrected chi connectivity index (χ1v) is 8.73. The molecule has 0 aliphatic carbocycles. The van der Waals surface area contributed by atoms with Crippen molar-refractivity contribution in [1.82, 2.24) is 9.78 Å². The zero-order valence-corrected chi connectivity index (χ0v) is 13.4. The predicted octanol–water partition coefficient (Wildman–Crippen LogP) is 2.87. The molecule has 0 radical (unpaired) electrons. The quantitative estimate of drug-likeness (QED) is 0.891. The van der Waals surface area contributed by atoms with E-state index in [9.17, 15) is 8.42 Å². The van der Waals surface area contributed by atoms with Gasteiger partial charge in [-0.2, -0.15) is 5.10 Å². The zero-order chi connectivity index (χ0) is 15.5. The second-order valence-corrected chi connectivity index (χ2v) is 7.14. The Kier molecular flexibility index (Phi) is 4.67. The maximum atomic E-state index is 12.1. The summed E-state index contributed by atoms with van der Waals surface area (Å²) in [5.74, 6) is 0.0911. The molecule has 6 heteroatoms. The molecule has 0 saturated carbocycles. The van der Waals surface area contributed by atoms with Gasteiger partial charge in [-0.3, -0.25) is 4.68 Å². The van der Waals surface area contributed by atoms with Crippen LogP contribution in [0.2, 0.25) is 0 Å². The minimum absolute atomic E-state index is 0.0153. The molecule has 0 bridgehead atoms. The van der Waals surface area contributed by atoms with Gasteiger partial charge in [-0.25, -0.2) is 8.42 Å². The van der Waals surface area contributed by atoms with Crippen LogP contribution in [-0.4, -0.2) is 24.0 Å². The van der Waals surface area contributed by atoms with E-state index < -0.39 is 9.84 Å². The molecule has 0 aliphatic heterocycles. The highest BCUT2D eigenvalue weighted by Crippen LogP contribution is 2.26. The summed E-state index contributed by atoms with van der Waals surface area (Å²) in [6.45, 7) is 6.48. The predicted molar refractivity (Wildman–Crippen MR) is 84.1 cm³/mol. The first-order valence-electron chi connectivity index (χ1n) is 7.08. The van der Waals surface area contributed by atoms with E-state index in [1.54, 1.807) is 31.3 Å². The summed E-state index contributed by atoms with van der Waals surface area (Å²) in [5, 5.41) is 7.52. The normalized spacial score (nSPS) is 13.1. The Morgan fingerprint density at radius 1 is 1.29 bits per heavy atom. The van der Waals surface area contributed by atoms with Gasteiger partial charge < -0.3 is 5.32 Å². The van der Waals surface area contributed by atoms with Crippen LogP contribution in [0.1, 0.15) is 32.4 Å². The first-order chi connectivity index (χ1) is 9.97. The van der Waals surface area contributed by atoms with E-state index in [0.717, 1.165) is 12.1 Å². The zero-order valence-electron chi connectivity index (χ0n) is 12.6. The van der Waals surface area contributed by atoms with E-state index in [1.165, 1.54) is 0 Å². The van der Waals surface area contributed by atoms with Crippen LogP contribution in [0.5, 0.6) is 0 Å². The molecule has 0 fully saturated rings. The van der Waals surface area contributed by atoms with Crippen LogP contribution in [0.4, 0.5) is 5.69 Å². The van der Waals surface area contributed by atoms with Gasteiger partial charge in [0.1, 0.15) is 0 Å². The van der Waals surface area contributed by atoms with Crippen LogP contribution in [0, 0.1) is 0 Å². The molecule has 0 aliphatic rings. The highest BCUT2D eigenvalue weighted by molar-refractivity contribution is 7.91. The average molecular weight is 307 g/mol. The van der Waals surface area contributed by atoms with Gasteiger partial charge in [0.2, 0.25) is 0 Å². The number of nitrogens with zero attached hydrogens (tertiary/aromatic N) is 2. The van der Waals surface area contributed by atoms with E-state index in [0.29, 0.717) is 10.6 Å². The molecule has 0 amide bonds. The van der Waals surface area contributed by atoms with E-state index in [-0.39, 0.29) is 11.8 Å².